The normalized spacial score (nSPS) is 24.9. The smallest absolute Gasteiger partial charge is 0.392 e. The van der Waals surface area contributed by atoms with Crippen LogP contribution < -0.4 is 0 Å². The third-order valence-corrected chi connectivity index (χ3v) is 4.31. The fourth-order valence-electron chi connectivity index (χ4n) is 3.25. The zero-order valence-electron chi connectivity index (χ0n) is 12.1. The van der Waals surface area contributed by atoms with Crippen LogP contribution >= 0.6 is 0 Å². The molecule has 1 aliphatic rings. The number of alkyl halides is 3. The van der Waals surface area contributed by atoms with Gasteiger partial charge in [-0.05, 0) is 23.3 Å². The van der Waals surface area contributed by atoms with Gasteiger partial charge in [-0.15, -0.1) is 0 Å². The average molecular weight is 320 g/mol. The molecule has 0 spiro atoms. The molecule has 2 aromatic rings. The predicted octanol–water partition coefficient (Wildman–Crippen LogP) is 3.91. The molecule has 1 aliphatic carbocycles. The maximum absolute atomic E-state index is 12.7. The SMILES string of the molecule is O=C1C[C@H](O)[C@@H](c2ccc(C(F)(F)F)cc2)[C@@H]1c1ccccc1. The van der Waals surface area contributed by atoms with Crippen LogP contribution in [0.15, 0.2) is 54.6 Å². The van der Waals surface area contributed by atoms with Crippen LogP contribution in [0.3, 0.4) is 0 Å². The van der Waals surface area contributed by atoms with E-state index >= 15 is 0 Å². The second kappa shape index (κ2) is 5.81. The number of carbonyl (C=O) groups excluding carboxylic acids is 1. The fourth-order valence-corrected chi connectivity index (χ4v) is 3.25. The summed E-state index contributed by atoms with van der Waals surface area (Å²) in [5.74, 6) is -1.14. The van der Waals surface area contributed by atoms with Crippen LogP contribution in [0.5, 0.6) is 0 Å². The molecule has 0 saturated heterocycles. The van der Waals surface area contributed by atoms with Gasteiger partial charge in [0.2, 0.25) is 0 Å². The molecular formula is C18H15F3O2. The van der Waals surface area contributed by atoms with E-state index < -0.39 is 29.7 Å². The maximum atomic E-state index is 12.7. The van der Waals surface area contributed by atoms with Crippen molar-refractivity contribution in [3.05, 3.63) is 71.3 Å². The molecule has 0 aliphatic heterocycles. The van der Waals surface area contributed by atoms with Gasteiger partial charge in [-0.3, -0.25) is 4.79 Å². The molecule has 1 saturated carbocycles. The molecule has 2 nitrogen and oxygen atoms in total. The van der Waals surface area contributed by atoms with Crippen LogP contribution in [-0.2, 0) is 11.0 Å². The number of halogens is 3. The van der Waals surface area contributed by atoms with Gasteiger partial charge in [0.25, 0.3) is 0 Å². The molecule has 1 fully saturated rings. The average Bonchev–Trinajstić information content (AvgIpc) is 2.82. The molecule has 3 atom stereocenters. The van der Waals surface area contributed by atoms with Crippen molar-refractivity contribution in [2.75, 3.05) is 0 Å². The summed E-state index contributed by atoms with van der Waals surface area (Å²) < 4.78 is 38.0. The number of carbonyl (C=O) groups is 1. The summed E-state index contributed by atoms with van der Waals surface area (Å²) in [7, 11) is 0. The van der Waals surface area contributed by atoms with E-state index in [-0.39, 0.29) is 12.2 Å². The Kier molecular flexibility index (Phi) is 3.98. The van der Waals surface area contributed by atoms with Crippen molar-refractivity contribution in [3.8, 4) is 0 Å². The minimum Gasteiger partial charge on any atom is -0.392 e. The minimum absolute atomic E-state index is 0.0191. The van der Waals surface area contributed by atoms with Crippen LogP contribution in [0, 0.1) is 0 Å². The Balaban J connectivity index is 1.97. The number of ketones is 1. The number of aliphatic hydroxyl groups excluding tert-OH is 1. The molecule has 0 unspecified atom stereocenters. The van der Waals surface area contributed by atoms with Crippen molar-refractivity contribution in [2.24, 2.45) is 0 Å². The molecule has 120 valence electrons. The predicted molar refractivity (Wildman–Crippen MR) is 79.0 cm³/mol. The van der Waals surface area contributed by atoms with Gasteiger partial charge in [0.1, 0.15) is 5.78 Å². The number of benzene rings is 2. The van der Waals surface area contributed by atoms with E-state index in [1.807, 2.05) is 6.07 Å². The topological polar surface area (TPSA) is 37.3 Å². The van der Waals surface area contributed by atoms with Gasteiger partial charge in [-0.2, -0.15) is 13.2 Å². The van der Waals surface area contributed by atoms with E-state index in [1.165, 1.54) is 12.1 Å². The summed E-state index contributed by atoms with van der Waals surface area (Å²) in [4.78, 5) is 12.3. The highest BCUT2D eigenvalue weighted by Gasteiger charge is 2.43. The number of Topliss-reactive ketones (excluding diaryl/α,β-unsaturated/α-hetero) is 1. The molecule has 1 N–H and O–H groups in total. The summed E-state index contributed by atoms with van der Waals surface area (Å²) in [5, 5.41) is 10.2. The monoisotopic (exact) mass is 320 g/mol. The standard InChI is InChI=1S/C18H15F3O2/c19-18(20,21)13-8-6-12(7-9-13)17-15(23)10-14(22)16(17)11-4-2-1-3-5-11/h1-9,15-17,23H,10H2/t15-,16+,17+/m0/s1. The van der Waals surface area contributed by atoms with E-state index in [0.717, 1.165) is 17.7 Å². The fraction of sp³-hybridized carbons (Fsp3) is 0.278. The van der Waals surface area contributed by atoms with Gasteiger partial charge in [-0.1, -0.05) is 42.5 Å². The molecule has 0 radical (unpaired) electrons. The van der Waals surface area contributed by atoms with Gasteiger partial charge >= 0.3 is 6.18 Å². The molecule has 2 aromatic carbocycles. The highest BCUT2D eigenvalue weighted by Crippen LogP contribution is 2.44. The molecule has 0 bridgehead atoms. The lowest BCUT2D eigenvalue weighted by Gasteiger charge is -2.22. The second-order valence-corrected chi connectivity index (χ2v) is 5.77. The zero-order chi connectivity index (χ0) is 16.6. The zero-order valence-corrected chi connectivity index (χ0v) is 12.1. The third-order valence-electron chi connectivity index (χ3n) is 4.31. The van der Waals surface area contributed by atoms with Crippen molar-refractivity contribution >= 4 is 5.78 Å². The Hall–Kier alpha value is -2.14. The first kappa shape index (κ1) is 15.7. The first-order valence-electron chi connectivity index (χ1n) is 7.31. The molecule has 0 amide bonds. The van der Waals surface area contributed by atoms with E-state index in [9.17, 15) is 23.1 Å². The van der Waals surface area contributed by atoms with Crippen molar-refractivity contribution < 1.29 is 23.1 Å². The minimum atomic E-state index is -4.40. The quantitative estimate of drug-likeness (QED) is 0.911. The first-order chi connectivity index (χ1) is 10.9. The Morgan fingerprint density at radius 2 is 1.52 bits per heavy atom. The Labute approximate surface area is 131 Å². The summed E-state index contributed by atoms with van der Waals surface area (Å²) in [6.07, 6.45) is -5.27. The Bertz CT molecular complexity index is 692. The van der Waals surface area contributed by atoms with Crippen LogP contribution in [0.2, 0.25) is 0 Å². The van der Waals surface area contributed by atoms with E-state index in [2.05, 4.69) is 0 Å². The molecule has 23 heavy (non-hydrogen) atoms. The van der Waals surface area contributed by atoms with E-state index in [1.54, 1.807) is 24.3 Å². The van der Waals surface area contributed by atoms with Crippen molar-refractivity contribution in [1.29, 1.82) is 0 Å². The van der Waals surface area contributed by atoms with Gasteiger partial charge in [0, 0.05) is 12.3 Å². The van der Waals surface area contributed by atoms with E-state index in [4.69, 9.17) is 0 Å². The van der Waals surface area contributed by atoms with Crippen LogP contribution in [0.25, 0.3) is 0 Å². The third kappa shape index (κ3) is 3.01. The van der Waals surface area contributed by atoms with Crippen LogP contribution in [0.4, 0.5) is 13.2 Å². The molecule has 5 heteroatoms. The first-order valence-corrected chi connectivity index (χ1v) is 7.31. The lowest BCUT2D eigenvalue weighted by molar-refractivity contribution is -0.137. The van der Waals surface area contributed by atoms with Gasteiger partial charge < -0.3 is 5.11 Å². The van der Waals surface area contributed by atoms with Crippen molar-refractivity contribution in [2.45, 2.75) is 30.5 Å². The maximum Gasteiger partial charge on any atom is 0.416 e. The van der Waals surface area contributed by atoms with Crippen molar-refractivity contribution in [1.82, 2.24) is 0 Å². The number of rotatable bonds is 2. The number of aliphatic hydroxyl groups is 1. The molecular weight excluding hydrogens is 305 g/mol. The summed E-state index contributed by atoms with van der Waals surface area (Å²) in [6.45, 7) is 0. The van der Waals surface area contributed by atoms with Crippen molar-refractivity contribution in [3.63, 3.8) is 0 Å². The molecule has 0 aromatic heterocycles. The highest BCUT2D eigenvalue weighted by molar-refractivity contribution is 5.90. The van der Waals surface area contributed by atoms with Crippen LogP contribution in [0.1, 0.15) is 34.9 Å². The lowest BCUT2D eigenvalue weighted by atomic mass is 9.82. The largest absolute Gasteiger partial charge is 0.416 e. The van der Waals surface area contributed by atoms with Gasteiger partial charge in [-0.25, -0.2) is 0 Å². The Morgan fingerprint density at radius 3 is 2.09 bits per heavy atom. The van der Waals surface area contributed by atoms with E-state index in [0.29, 0.717) is 5.56 Å². The number of hydrogen-bond acceptors (Lipinski definition) is 2. The lowest BCUT2D eigenvalue weighted by Crippen LogP contribution is -2.17. The summed E-state index contributed by atoms with van der Waals surface area (Å²) >= 11 is 0. The highest BCUT2D eigenvalue weighted by atomic mass is 19.4. The molecule has 0 heterocycles. The molecule has 3 rings (SSSR count). The second-order valence-electron chi connectivity index (χ2n) is 5.77. The number of hydrogen-bond donors (Lipinski definition) is 1. The van der Waals surface area contributed by atoms with Crippen LogP contribution in [-0.4, -0.2) is 17.0 Å². The summed E-state index contributed by atoms with van der Waals surface area (Å²) in [6, 6.07) is 13.7. The van der Waals surface area contributed by atoms with Gasteiger partial charge in [0.05, 0.1) is 17.6 Å². The Morgan fingerprint density at radius 1 is 0.913 bits per heavy atom. The summed E-state index contributed by atoms with van der Waals surface area (Å²) in [5.41, 5.74) is 0.584. The van der Waals surface area contributed by atoms with Gasteiger partial charge in [0.15, 0.2) is 0 Å².